The molecule has 1 amide bonds. The van der Waals surface area contributed by atoms with E-state index >= 15 is 0 Å². The van der Waals surface area contributed by atoms with Crippen LogP contribution in [-0.2, 0) is 4.79 Å². The molecule has 0 saturated carbocycles. The van der Waals surface area contributed by atoms with Crippen molar-refractivity contribution in [3.8, 4) is 0 Å². The highest BCUT2D eigenvalue weighted by Gasteiger charge is 2.17. The number of likely N-dealkylation sites (tertiary alicyclic amines) is 1. The van der Waals surface area contributed by atoms with Gasteiger partial charge in [0.05, 0.1) is 4.92 Å². The lowest BCUT2D eigenvalue weighted by molar-refractivity contribution is -0.384. The number of nitrogen functional groups attached to an aromatic ring is 1. The Hall–Kier alpha value is -2.31. The number of nitrogens with one attached hydrogen (secondary N) is 1. The maximum absolute atomic E-state index is 11.8. The van der Waals surface area contributed by atoms with Gasteiger partial charge in [-0.15, -0.1) is 0 Å². The zero-order valence-electron chi connectivity index (χ0n) is 11.2. The Bertz CT molecular complexity index is 512. The molecule has 1 aromatic rings. The molecule has 1 aliphatic rings. The molecule has 7 heteroatoms. The van der Waals surface area contributed by atoms with E-state index in [9.17, 15) is 14.9 Å². The number of non-ortho nitro benzene ring substituents is 1. The van der Waals surface area contributed by atoms with Gasteiger partial charge in [-0.05, 0) is 18.9 Å². The predicted molar refractivity (Wildman–Crippen MR) is 76.4 cm³/mol. The Kier molecular flexibility index (Phi) is 4.39. The third kappa shape index (κ3) is 3.59. The van der Waals surface area contributed by atoms with Gasteiger partial charge in [-0.1, -0.05) is 0 Å². The van der Waals surface area contributed by atoms with Crippen molar-refractivity contribution >= 4 is 23.0 Å². The number of carbonyl (C=O) groups excluding carboxylic acids is 1. The average Bonchev–Trinajstić information content (AvgIpc) is 2.91. The molecule has 0 atom stereocenters. The van der Waals surface area contributed by atoms with Crippen LogP contribution in [0.15, 0.2) is 18.2 Å². The van der Waals surface area contributed by atoms with E-state index < -0.39 is 4.92 Å². The number of nitrogens with two attached hydrogens (primary N) is 1. The average molecular weight is 278 g/mol. The number of hydrogen-bond donors (Lipinski definition) is 2. The van der Waals surface area contributed by atoms with Crippen molar-refractivity contribution in [1.82, 2.24) is 4.90 Å². The van der Waals surface area contributed by atoms with Gasteiger partial charge in [-0.3, -0.25) is 14.9 Å². The minimum Gasteiger partial charge on any atom is -0.398 e. The van der Waals surface area contributed by atoms with E-state index in [-0.39, 0.29) is 11.6 Å². The van der Waals surface area contributed by atoms with Crippen LogP contribution in [0, 0.1) is 10.1 Å². The monoisotopic (exact) mass is 278 g/mol. The summed E-state index contributed by atoms with van der Waals surface area (Å²) < 4.78 is 0. The lowest BCUT2D eigenvalue weighted by Gasteiger charge is -2.15. The fourth-order valence-electron chi connectivity index (χ4n) is 2.28. The van der Waals surface area contributed by atoms with E-state index in [0.717, 1.165) is 25.9 Å². The van der Waals surface area contributed by atoms with Crippen LogP contribution >= 0.6 is 0 Å². The molecule has 2 rings (SSSR count). The van der Waals surface area contributed by atoms with Gasteiger partial charge in [0, 0.05) is 49.6 Å². The quantitative estimate of drug-likeness (QED) is 0.484. The molecule has 7 nitrogen and oxygen atoms in total. The predicted octanol–water partition coefficient (Wildman–Crippen LogP) is 1.60. The van der Waals surface area contributed by atoms with E-state index in [2.05, 4.69) is 5.32 Å². The highest BCUT2D eigenvalue weighted by atomic mass is 16.6. The van der Waals surface area contributed by atoms with Crippen molar-refractivity contribution < 1.29 is 9.72 Å². The minimum absolute atomic E-state index is 0.0571. The Morgan fingerprint density at radius 3 is 2.70 bits per heavy atom. The third-order valence-corrected chi connectivity index (χ3v) is 3.28. The molecule has 1 heterocycles. The molecule has 108 valence electrons. The van der Waals surface area contributed by atoms with Crippen molar-refractivity contribution in [3.05, 3.63) is 28.3 Å². The summed E-state index contributed by atoms with van der Waals surface area (Å²) >= 11 is 0. The number of benzene rings is 1. The largest absolute Gasteiger partial charge is 0.398 e. The van der Waals surface area contributed by atoms with Crippen molar-refractivity contribution in [1.29, 1.82) is 0 Å². The number of hydrogen-bond acceptors (Lipinski definition) is 5. The zero-order valence-corrected chi connectivity index (χ0v) is 11.2. The van der Waals surface area contributed by atoms with Crippen LogP contribution in [0.3, 0.4) is 0 Å². The highest BCUT2D eigenvalue weighted by Crippen LogP contribution is 2.22. The molecule has 1 fully saturated rings. The second-order valence-corrected chi connectivity index (χ2v) is 4.84. The van der Waals surface area contributed by atoms with E-state index in [1.165, 1.54) is 12.1 Å². The molecule has 0 unspecified atom stereocenters. The fourth-order valence-corrected chi connectivity index (χ4v) is 2.28. The van der Waals surface area contributed by atoms with E-state index in [1.54, 1.807) is 6.07 Å². The van der Waals surface area contributed by atoms with Gasteiger partial charge in [0.1, 0.15) is 0 Å². The number of carbonyl (C=O) groups is 1. The van der Waals surface area contributed by atoms with Crippen LogP contribution in [0.25, 0.3) is 0 Å². The van der Waals surface area contributed by atoms with Gasteiger partial charge in [0.2, 0.25) is 5.91 Å². The first-order valence-electron chi connectivity index (χ1n) is 6.63. The first-order valence-corrected chi connectivity index (χ1v) is 6.63. The molecule has 3 N–H and O–H groups in total. The number of nitrogens with zero attached hydrogens (tertiary/aromatic N) is 2. The van der Waals surface area contributed by atoms with Crippen LogP contribution < -0.4 is 11.1 Å². The minimum atomic E-state index is -0.489. The molecule has 0 aliphatic carbocycles. The summed E-state index contributed by atoms with van der Waals surface area (Å²) in [5.74, 6) is 0.119. The first-order chi connectivity index (χ1) is 9.56. The lowest BCUT2D eigenvalue weighted by Crippen LogP contribution is -2.29. The first kappa shape index (κ1) is 14.1. The van der Waals surface area contributed by atoms with Crippen molar-refractivity contribution in [2.75, 3.05) is 30.7 Å². The van der Waals surface area contributed by atoms with Crippen LogP contribution in [0.4, 0.5) is 17.1 Å². The number of amides is 1. The molecule has 0 aromatic heterocycles. The van der Waals surface area contributed by atoms with Gasteiger partial charge in [0.15, 0.2) is 0 Å². The number of nitro benzene ring substituents is 1. The van der Waals surface area contributed by atoms with E-state index in [0.29, 0.717) is 24.3 Å². The van der Waals surface area contributed by atoms with Crippen LogP contribution in [0.1, 0.15) is 19.3 Å². The van der Waals surface area contributed by atoms with Crippen molar-refractivity contribution in [2.45, 2.75) is 19.3 Å². The summed E-state index contributed by atoms with van der Waals surface area (Å²) in [7, 11) is 0. The molecule has 0 radical (unpaired) electrons. The van der Waals surface area contributed by atoms with Crippen LogP contribution in [0.5, 0.6) is 0 Å². The van der Waals surface area contributed by atoms with Gasteiger partial charge in [0.25, 0.3) is 5.69 Å². The summed E-state index contributed by atoms with van der Waals surface area (Å²) in [5, 5.41) is 13.7. The van der Waals surface area contributed by atoms with Gasteiger partial charge in [-0.2, -0.15) is 0 Å². The molecular weight excluding hydrogens is 260 g/mol. The third-order valence-electron chi connectivity index (χ3n) is 3.28. The highest BCUT2D eigenvalue weighted by molar-refractivity contribution is 5.77. The molecule has 20 heavy (non-hydrogen) atoms. The fraction of sp³-hybridized carbons (Fsp3) is 0.462. The van der Waals surface area contributed by atoms with Crippen LogP contribution in [-0.4, -0.2) is 35.4 Å². The molecule has 1 aromatic carbocycles. The molecule has 1 aliphatic heterocycles. The summed E-state index contributed by atoms with van der Waals surface area (Å²) in [6.07, 6.45) is 2.52. The maximum Gasteiger partial charge on any atom is 0.273 e. The molecular formula is C13H18N4O3. The van der Waals surface area contributed by atoms with Gasteiger partial charge >= 0.3 is 0 Å². The van der Waals surface area contributed by atoms with Gasteiger partial charge < -0.3 is 16.0 Å². The van der Waals surface area contributed by atoms with E-state index in [1.807, 2.05) is 4.90 Å². The number of rotatable bonds is 5. The van der Waals surface area contributed by atoms with Gasteiger partial charge in [-0.25, -0.2) is 0 Å². The summed E-state index contributed by atoms with van der Waals surface area (Å²) in [6.45, 7) is 2.11. The maximum atomic E-state index is 11.8. The lowest BCUT2D eigenvalue weighted by atomic mass is 10.2. The van der Waals surface area contributed by atoms with Crippen molar-refractivity contribution in [2.24, 2.45) is 0 Å². The smallest absolute Gasteiger partial charge is 0.273 e. The molecule has 1 saturated heterocycles. The molecule has 0 bridgehead atoms. The normalized spacial score (nSPS) is 14.3. The second kappa shape index (κ2) is 6.23. The van der Waals surface area contributed by atoms with E-state index in [4.69, 9.17) is 5.73 Å². The Labute approximate surface area is 116 Å². The summed E-state index contributed by atoms with van der Waals surface area (Å²) in [5.41, 5.74) is 6.44. The second-order valence-electron chi connectivity index (χ2n) is 4.84. The number of anilines is 2. The van der Waals surface area contributed by atoms with Crippen LogP contribution in [0.2, 0.25) is 0 Å². The zero-order chi connectivity index (χ0) is 14.5. The standard InChI is InChI=1S/C13H18N4O3/c14-10-7-11(9-12(8-10)17(19)20)15-4-3-13(18)16-5-1-2-6-16/h7-9,15H,1-6,14H2. The summed E-state index contributed by atoms with van der Waals surface area (Å²) in [4.78, 5) is 23.9. The Balaban J connectivity index is 1.87. The Morgan fingerprint density at radius 2 is 2.05 bits per heavy atom. The number of nitro groups is 1. The molecule has 0 spiro atoms. The SMILES string of the molecule is Nc1cc(NCCC(=O)N2CCCC2)cc([N+](=O)[O-])c1. The van der Waals surface area contributed by atoms with Crippen molar-refractivity contribution in [3.63, 3.8) is 0 Å². The summed E-state index contributed by atoms with van der Waals surface area (Å²) in [6, 6.07) is 4.34. The Morgan fingerprint density at radius 1 is 1.35 bits per heavy atom. The topological polar surface area (TPSA) is 102 Å².